The van der Waals surface area contributed by atoms with Gasteiger partial charge in [0, 0.05) is 24.5 Å². The molecule has 0 bridgehead atoms. The van der Waals surface area contributed by atoms with Crippen LogP contribution in [0.2, 0.25) is 0 Å². The van der Waals surface area contributed by atoms with Crippen LogP contribution < -0.4 is 11.1 Å². The van der Waals surface area contributed by atoms with E-state index >= 15 is 0 Å². The number of hydrogen-bond acceptors (Lipinski definition) is 5. The Hall–Kier alpha value is -0.960. The molecule has 0 radical (unpaired) electrons. The minimum atomic E-state index is -3.60. The van der Waals surface area contributed by atoms with Crippen LogP contribution in [0.15, 0.2) is 16.3 Å². The van der Waals surface area contributed by atoms with Crippen LogP contribution in [-0.2, 0) is 21.4 Å². The molecule has 1 aromatic rings. The summed E-state index contributed by atoms with van der Waals surface area (Å²) >= 11 is 1.14. The molecule has 1 saturated carbocycles. The lowest BCUT2D eigenvalue weighted by molar-refractivity contribution is -0.121. The average molecular weight is 303 g/mol. The third kappa shape index (κ3) is 3.53. The third-order valence-corrected chi connectivity index (χ3v) is 6.19. The summed E-state index contributed by atoms with van der Waals surface area (Å²) < 4.78 is 25.7. The first-order valence-corrected chi connectivity index (χ1v) is 8.23. The summed E-state index contributed by atoms with van der Waals surface area (Å²) in [5.74, 6) is -0.260. The first kappa shape index (κ1) is 14.4. The fourth-order valence-corrected chi connectivity index (χ4v) is 4.12. The van der Waals surface area contributed by atoms with Crippen molar-refractivity contribution in [1.29, 1.82) is 0 Å². The number of thiophene rings is 1. The molecular weight excluding hydrogens is 286 g/mol. The van der Waals surface area contributed by atoms with Crippen molar-refractivity contribution in [3.63, 3.8) is 0 Å². The zero-order chi connectivity index (χ0) is 14.0. The van der Waals surface area contributed by atoms with Crippen molar-refractivity contribution in [3.05, 3.63) is 17.0 Å². The highest BCUT2D eigenvalue weighted by Crippen LogP contribution is 2.24. The van der Waals surface area contributed by atoms with Crippen LogP contribution in [0.25, 0.3) is 0 Å². The number of rotatable bonds is 6. The van der Waals surface area contributed by atoms with E-state index in [4.69, 9.17) is 5.73 Å². The minimum Gasteiger partial charge on any atom is -0.352 e. The van der Waals surface area contributed by atoms with Crippen molar-refractivity contribution < 1.29 is 13.2 Å². The molecule has 0 aliphatic heterocycles. The van der Waals surface area contributed by atoms with Gasteiger partial charge < -0.3 is 11.1 Å². The molecule has 6 nitrogen and oxygen atoms in total. The Balaban J connectivity index is 2.03. The van der Waals surface area contributed by atoms with Gasteiger partial charge in [-0.15, -0.1) is 11.3 Å². The fraction of sp³-hybridized carbons (Fsp3) is 0.545. The number of nitrogens with two attached hydrogens (primary N) is 1. The predicted molar refractivity (Wildman–Crippen MR) is 73.2 cm³/mol. The third-order valence-electron chi connectivity index (χ3n) is 2.81. The number of nitrogens with zero attached hydrogens (tertiary/aromatic N) is 1. The molecule has 0 saturated heterocycles. The number of hydrogen-bond donors (Lipinski definition) is 2. The molecule has 0 unspecified atom stereocenters. The van der Waals surface area contributed by atoms with Crippen LogP contribution in [-0.4, -0.2) is 38.3 Å². The zero-order valence-electron chi connectivity index (χ0n) is 10.6. The van der Waals surface area contributed by atoms with Gasteiger partial charge in [-0.05, 0) is 25.0 Å². The second-order valence-corrected chi connectivity index (χ2v) is 7.97. The van der Waals surface area contributed by atoms with E-state index in [-0.39, 0.29) is 22.7 Å². The molecular formula is C11H17N3O3S2. The fourth-order valence-electron chi connectivity index (χ4n) is 1.55. The Labute approximate surface area is 116 Å². The maximum absolute atomic E-state index is 12.2. The number of likely N-dealkylation sites (N-methyl/N-ethyl adjacent to an activating group) is 1. The van der Waals surface area contributed by atoms with E-state index in [0.717, 1.165) is 33.4 Å². The highest BCUT2D eigenvalue weighted by molar-refractivity contribution is 7.91. The highest BCUT2D eigenvalue weighted by atomic mass is 32.2. The zero-order valence-corrected chi connectivity index (χ0v) is 12.3. The van der Waals surface area contributed by atoms with Gasteiger partial charge in [0.1, 0.15) is 4.21 Å². The Bertz CT molecular complexity index is 563. The van der Waals surface area contributed by atoms with Crippen LogP contribution >= 0.6 is 11.3 Å². The predicted octanol–water partition coefficient (Wildman–Crippen LogP) is 0.106. The largest absolute Gasteiger partial charge is 0.352 e. The van der Waals surface area contributed by atoms with Crippen LogP contribution in [0.5, 0.6) is 0 Å². The molecule has 19 heavy (non-hydrogen) atoms. The number of sulfonamides is 1. The van der Waals surface area contributed by atoms with Gasteiger partial charge in [0.05, 0.1) is 6.54 Å². The summed E-state index contributed by atoms with van der Waals surface area (Å²) in [6.45, 7) is 0.154. The first-order valence-electron chi connectivity index (χ1n) is 5.98. The van der Waals surface area contributed by atoms with Crippen LogP contribution in [0.1, 0.15) is 17.7 Å². The van der Waals surface area contributed by atoms with Crippen molar-refractivity contribution in [2.24, 2.45) is 5.73 Å². The Morgan fingerprint density at radius 2 is 2.21 bits per heavy atom. The molecule has 1 amide bonds. The van der Waals surface area contributed by atoms with Crippen LogP contribution in [0.4, 0.5) is 0 Å². The topological polar surface area (TPSA) is 92.5 Å². The number of carbonyl (C=O) groups is 1. The number of amides is 1. The molecule has 1 fully saturated rings. The number of nitrogens with one attached hydrogen (secondary N) is 1. The van der Waals surface area contributed by atoms with Gasteiger partial charge in [-0.3, -0.25) is 4.79 Å². The normalized spacial score (nSPS) is 15.7. The molecule has 8 heteroatoms. The quantitative estimate of drug-likeness (QED) is 0.780. The molecule has 106 valence electrons. The summed E-state index contributed by atoms with van der Waals surface area (Å²) in [7, 11) is -2.20. The van der Waals surface area contributed by atoms with E-state index in [1.54, 1.807) is 6.07 Å². The SMILES string of the molecule is CN(CC(=O)NC1CC1)S(=O)(=O)c1ccc(CN)s1. The van der Waals surface area contributed by atoms with E-state index in [2.05, 4.69) is 5.32 Å². The first-order chi connectivity index (χ1) is 8.93. The molecule has 3 N–H and O–H groups in total. The van der Waals surface area contributed by atoms with Gasteiger partial charge in [0.2, 0.25) is 5.91 Å². The molecule has 1 heterocycles. The van der Waals surface area contributed by atoms with Gasteiger partial charge in [-0.25, -0.2) is 8.42 Å². The minimum absolute atomic E-state index is 0.158. The van der Waals surface area contributed by atoms with Gasteiger partial charge in [-0.2, -0.15) is 4.31 Å². The lowest BCUT2D eigenvalue weighted by atomic mass is 10.5. The molecule has 1 aromatic heterocycles. The summed E-state index contributed by atoms with van der Waals surface area (Å²) in [5, 5.41) is 2.76. The summed E-state index contributed by atoms with van der Waals surface area (Å²) in [4.78, 5) is 12.4. The number of carbonyl (C=O) groups excluding carboxylic acids is 1. The van der Waals surface area contributed by atoms with Crippen molar-refractivity contribution in [3.8, 4) is 0 Å². The summed E-state index contributed by atoms with van der Waals surface area (Å²) in [5.41, 5.74) is 5.46. The van der Waals surface area contributed by atoms with Crippen molar-refractivity contribution >= 4 is 27.3 Å². The molecule has 1 aliphatic rings. The highest BCUT2D eigenvalue weighted by Gasteiger charge is 2.27. The Morgan fingerprint density at radius 1 is 1.53 bits per heavy atom. The maximum Gasteiger partial charge on any atom is 0.252 e. The van der Waals surface area contributed by atoms with E-state index < -0.39 is 10.0 Å². The van der Waals surface area contributed by atoms with E-state index in [1.165, 1.54) is 13.1 Å². The Kier molecular flexibility index (Phi) is 4.24. The van der Waals surface area contributed by atoms with Crippen LogP contribution in [0.3, 0.4) is 0 Å². The molecule has 1 aliphatic carbocycles. The monoisotopic (exact) mass is 303 g/mol. The molecule has 2 rings (SSSR count). The van der Waals surface area contributed by atoms with Crippen molar-refractivity contribution in [1.82, 2.24) is 9.62 Å². The van der Waals surface area contributed by atoms with E-state index in [9.17, 15) is 13.2 Å². The average Bonchev–Trinajstić information content (AvgIpc) is 3.02. The van der Waals surface area contributed by atoms with Crippen molar-refractivity contribution in [2.75, 3.05) is 13.6 Å². The van der Waals surface area contributed by atoms with Gasteiger partial charge in [0.25, 0.3) is 10.0 Å². The van der Waals surface area contributed by atoms with Gasteiger partial charge in [-0.1, -0.05) is 0 Å². The smallest absolute Gasteiger partial charge is 0.252 e. The summed E-state index contributed by atoms with van der Waals surface area (Å²) in [6.07, 6.45) is 1.96. The molecule has 0 spiro atoms. The second kappa shape index (κ2) is 5.58. The van der Waals surface area contributed by atoms with Gasteiger partial charge >= 0.3 is 0 Å². The second-order valence-electron chi connectivity index (χ2n) is 4.53. The van der Waals surface area contributed by atoms with E-state index in [1.807, 2.05) is 0 Å². The van der Waals surface area contributed by atoms with E-state index in [0.29, 0.717) is 6.54 Å². The maximum atomic E-state index is 12.2. The molecule has 0 atom stereocenters. The van der Waals surface area contributed by atoms with Crippen LogP contribution in [0, 0.1) is 0 Å². The summed E-state index contributed by atoms with van der Waals surface area (Å²) in [6, 6.07) is 3.45. The van der Waals surface area contributed by atoms with Gasteiger partial charge in [0.15, 0.2) is 0 Å². The standard InChI is InChI=1S/C11H17N3O3S2/c1-14(7-10(15)13-8-2-3-8)19(16,17)11-5-4-9(6-12)18-11/h4-5,8H,2-3,6-7,12H2,1H3,(H,13,15). The molecule has 0 aromatic carbocycles. The van der Waals surface area contributed by atoms with Crippen molar-refractivity contribution in [2.45, 2.75) is 29.6 Å². The Morgan fingerprint density at radius 3 is 2.74 bits per heavy atom. The lowest BCUT2D eigenvalue weighted by Gasteiger charge is -2.15. The lowest BCUT2D eigenvalue weighted by Crippen LogP contribution is -2.38.